The largest absolute Gasteiger partial charge is 0.477 e. The number of ether oxygens (including phenoxy) is 1. The highest BCUT2D eigenvalue weighted by Crippen LogP contribution is 2.31. The minimum atomic E-state index is -0.437. The Hall–Kier alpha value is -1.69. The molecule has 2 atom stereocenters. The van der Waals surface area contributed by atoms with Crippen molar-refractivity contribution in [3.8, 4) is 5.88 Å². The van der Waals surface area contributed by atoms with Crippen LogP contribution in [0.25, 0.3) is 0 Å². The average molecular weight is 265 g/mol. The summed E-state index contributed by atoms with van der Waals surface area (Å²) in [7, 11) is 0. The van der Waals surface area contributed by atoms with Gasteiger partial charge in [0, 0.05) is 12.1 Å². The standard InChI is InChI=1S/C13H19N3O3/c1-9-12(16(17)18)5-6-13(15-9)19-8-11-4-2-3-10(11)7-14/h5-6,10-11H,2-4,7-8,14H2,1H3. The van der Waals surface area contributed by atoms with E-state index in [1.807, 2.05) is 0 Å². The number of nitro groups is 1. The summed E-state index contributed by atoms with van der Waals surface area (Å²) in [6, 6.07) is 2.99. The summed E-state index contributed by atoms with van der Waals surface area (Å²) in [4.78, 5) is 14.4. The van der Waals surface area contributed by atoms with E-state index in [-0.39, 0.29) is 5.69 Å². The molecule has 0 spiro atoms. The van der Waals surface area contributed by atoms with Crippen molar-refractivity contribution in [1.29, 1.82) is 0 Å². The van der Waals surface area contributed by atoms with Crippen LogP contribution in [0.15, 0.2) is 12.1 Å². The molecule has 1 saturated carbocycles. The van der Waals surface area contributed by atoms with Gasteiger partial charge in [-0.2, -0.15) is 0 Å². The molecule has 2 unspecified atom stereocenters. The fourth-order valence-electron chi connectivity index (χ4n) is 2.64. The third-order valence-corrected chi connectivity index (χ3v) is 3.79. The number of nitrogens with zero attached hydrogens (tertiary/aromatic N) is 2. The van der Waals surface area contributed by atoms with Crippen LogP contribution in [-0.2, 0) is 0 Å². The van der Waals surface area contributed by atoms with E-state index >= 15 is 0 Å². The molecule has 1 aliphatic carbocycles. The normalized spacial score (nSPS) is 22.4. The summed E-state index contributed by atoms with van der Waals surface area (Å²) < 4.78 is 5.65. The molecule has 2 N–H and O–H groups in total. The Morgan fingerprint density at radius 1 is 1.47 bits per heavy atom. The van der Waals surface area contributed by atoms with Gasteiger partial charge in [0.25, 0.3) is 5.69 Å². The van der Waals surface area contributed by atoms with Crippen LogP contribution in [-0.4, -0.2) is 23.1 Å². The van der Waals surface area contributed by atoms with E-state index in [0.717, 1.165) is 12.8 Å². The Labute approximate surface area is 112 Å². The van der Waals surface area contributed by atoms with Gasteiger partial charge in [-0.15, -0.1) is 0 Å². The molecule has 0 saturated heterocycles. The molecule has 6 nitrogen and oxygen atoms in total. The van der Waals surface area contributed by atoms with Crippen LogP contribution < -0.4 is 10.5 Å². The second-order valence-corrected chi connectivity index (χ2v) is 5.01. The van der Waals surface area contributed by atoms with Crippen molar-refractivity contribution < 1.29 is 9.66 Å². The van der Waals surface area contributed by atoms with Crippen molar-refractivity contribution in [2.24, 2.45) is 17.6 Å². The van der Waals surface area contributed by atoms with E-state index in [1.165, 1.54) is 12.5 Å². The van der Waals surface area contributed by atoms with Gasteiger partial charge in [0.1, 0.15) is 5.69 Å². The summed E-state index contributed by atoms with van der Waals surface area (Å²) >= 11 is 0. The smallest absolute Gasteiger partial charge is 0.290 e. The zero-order chi connectivity index (χ0) is 13.8. The summed E-state index contributed by atoms with van der Waals surface area (Å²) in [5.41, 5.74) is 6.12. The van der Waals surface area contributed by atoms with Gasteiger partial charge in [0.2, 0.25) is 5.88 Å². The van der Waals surface area contributed by atoms with Crippen LogP contribution in [0.2, 0.25) is 0 Å². The molecule has 0 amide bonds. The van der Waals surface area contributed by atoms with Crippen LogP contribution in [0.3, 0.4) is 0 Å². The minimum Gasteiger partial charge on any atom is -0.477 e. The van der Waals surface area contributed by atoms with Gasteiger partial charge in [-0.05, 0) is 38.1 Å². The molecule has 2 rings (SSSR count). The first kappa shape index (κ1) is 13.7. The molecule has 104 valence electrons. The topological polar surface area (TPSA) is 91.3 Å². The van der Waals surface area contributed by atoms with Crippen LogP contribution in [0.4, 0.5) is 5.69 Å². The van der Waals surface area contributed by atoms with Crippen LogP contribution in [0.1, 0.15) is 25.0 Å². The Balaban J connectivity index is 1.96. The quantitative estimate of drug-likeness (QED) is 0.649. The Bertz CT molecular complexity index is 464. The molecule has 0 bridgehead atoms. The molecule has 1 aromatic heterocycles. The molecule has 1 aliphatic rings. The molecule has 0 radical (unpaired) electrons. The zero-order valence-corrected chi connectivity index (χ0v) is 11.0. The van der Waals surface area contributed by atoms with Crippen LogP contribution in [0.5, 0.6) is 5.88 Å². The maximum atomic E-state index is 10.7. The SMILES string of the molecule is Cc1nc(OCC2CCCC2CN)ccc1[N+](=O)[O-]. The number of nitrogens with two attached hydrogens (primary N) is 1. The third kappa shape index (κ3) is 3.20. The number of aryl methyl sites for hydroxylation is 1. The Morgan fingerprint density at radius 2 is 2.21 bits per heavy atom. The van der Waals surface area contributed by atoms with Crippen LogP contribution in [0, 0.1) is 28.9 Å². The fraction of sp³-hybridized carbons (Fsp3) is 0.615. The molecule has 6 heteroatoms. The first-order valence-corrected chi connectivity index (χ1v) is 6.56. The lowest BCUT2D eigenvalue weighted by molar-refractivity contribution is -0.385. The van der Waals surface area contributed by atoms with Gasteiger partial charge in [0.05, 0.1) is 11.5 Å². The van der Waals surface area contributed by atoms with E-state index in [0.29, 0.717) is 36.6 Å². The van der Waals surface area contributed by atoms with Crippen molar-refractivity contribution in [1.82, 2.24) is 4.98 Å². The van der Waals surface area contributed by atoms with Gasteiger partial charge in [-0.25, -0.2) is 4.98 Å². The summed E-state index contributed by atoms with van der Waals surface area (Å²) in [5.74, 6) is 1.45. The predicted octanol–water partition coefficient (Wildman–Crippen LogP) is 2.05. The first-order valence-electron chi connectivity index (χ1n) is 6.56. The van der Waals surface area contributed by atoms with Gasteiger partial charge in [-0.1, -0.05) is 6.42 Å². The van der Waals surface area contributed by atoms with Crippen molar-refractivity contribution >= 4 is 5.69 Å². The number of aromatic nitrogens is 1. The summed E-state index contributed by atoms with van der Waals surface area (Å²) in [5, 5.41) is 10.7. The lowest BCUT2D eigenvalue weighted by Gasteiger charge is -2.17. The van der Waals surface area contributed by atoms with E-state index in [9.17, 15) is 10.1 Å². The molecule has 1 fully saturated rings. The average Bonchev–Trinajstić information content (AvgIpc) is 2.83. The van der Waals surface area contributed by atoms with E-state index < -0.39 is 4.92 Å². The van der Waals surface area contributed by atoms with Gasteiger partial charge >= 0.3 is 0 Å². The predicted molar refractivity (Wildman–Crippen MR) is 71.0 cm³/mol. The highest BCUT2D eigenvalue weighted by atomic mass is 16.6. The van der Waals surface area contributed by atoms with E-state index in [2.05, 4.69) is 4.98 Å². The van der Waals surface area contributed by atoms with Crippen molar-refractivity contribution in [3.05, 3.63) is 27.9 Å². The monoisotopic (exact) mass is 265 g/mol. The lowest BCUT2D eigenvalue weighted by Crippen LogP contribution is -2.23. The highest BCUT2D eigenvalue weighted by Gasteiger charge is 2.26. The third-order valence-electron chi connectivity index (χ3n) is 3.79. The molecule has 0 aliphatic heterocycles. The summed E-state index contributed by atoms with van der Waals surface area (Å²) in [6.45, 7) is 2.90. The first-order chi connectivity index (χ1) is 9.11. The zero-order valence-electron chi connectivity index (χ0n) is 11.0. The van der Waals surface area contributed by atoms with Gasteiger partial charge in [-0.3, -0.25) is 10.1 Å². The maximum absolute atomic E-state index is 10.7. The van der Waals surface area contributed by atoms with Gasteiger partial charge < -0.3 is 10.5 Å². The van der Waals surface area contributed by atoms with Crippen molar-refractivity contribution in [2.45, 2.75) is 26.2 Å². The van der Waals surface area contributed by atoms with Gasteiger partial charge in [0.15, 0.2) is 0 Å². The number of pyridine rings is 1. The molecule has 1 aromatic rings. The molecule has 0 aromatic carbocycles. The minimum absolute atomic E-state index is 0.0213. The van der Waals surface area contributed by atoms with Crippen molar-refractivity contribution in [3.63, 3.8) is 0 Å². The second-order valence-electron chi connectivity index (χ2n) is 5.01. The van der Waals surface area contributed by atoms with Crippen molar-refractivity contribution in [2.75, 3.05) is 13.2 Å². The Morgan fingerprint density at radius 3 is 2.84 bits per heavy atom. The number of hydrogen-bond acceptors (Lipinski definition) is 5. The Kier molecular flexibility index (Phi) is 4.31. The maximum Gasteiger partial charge on any atom is 0.290 e. The number of hydrogen-bond donors (Lipinski definition) is 1. The molecule has 19 heavy (non-hydrogen) atoms. The summed E-state index contributed by atoms with van der Waals surface area (Å²) in [6.07, 6.45) is 3.49. The van der Waals surface area contributed by atoms with E-state index in [1.54, 1.807) is 13.0 Å². The second kappa shape index (κ2) is 5.97. The lowest BCUT2D eigenvalue weighted by atomic mass is 9.97. The highest BCUT2D eigenvalue weighted by molar-refractivity contribution is 5.36. The molecule has 1 heterocycles. The molecular formula is C13H19N3O3. The fourth-order valence-corrected chi connectivity index (χ4v) is 2.64. The number of rotatable bonds is 5. The van der Waals surface area contributed by atoms with Crippen LogP contribution >= 0.6 is 0 Å². The van der Waals surface area contributed by atoms with E-state index in [4.69, 9.17) is 10.5 Å². The molecular weight excluding hydrogens is 246 g/mol.